The van der Waals surface area contributed by atoms with Gasteiger partial charge in [-0.1, -0.05) is 23.7 Å². The molecule has 0 spiro atoms. The highest BCUT2D eigenvalue weighted by atomic mass is 35.5. The molecule has 4 aliphatic carbocycles. The second-order valence-electron chi connectivity index (χ2n) is 9.81. The second-order valence-corrected chi connectivity index (χ2v) is 10.2. The third kappa shape index (κ3) is 4.03. The molecule has 0 atom stereocenters. The van der Waals surface area contributed by atoms with E-state index in [0.29, 0.717) is 29.8 Å². The lowest BCUT2D eigenvalue weighted by Gasteiger charge is -2.54. The summed E-state index contributed by atoms with van der Waals surface area (Å²) < 4.78 is 1.90. The third-order valence-corrected chi connectivity index (χ3v) is 8.09. The number of rotatable bonds is 7. The molecule has 0 unspecified atom stereocenters. The zero-order valence-electron chi connectivity index (χ0n) is 18.5. The summed E-state index contributed by atoms with van der Waals surface area (Å²) in [7, 11) is 0. The number of aromatic nitrogens is 2. The van der Waals surface area contributed by atoms with Crippen molar-refractivity contribution in [2.24, 2.45) is 23.7 Å². The van der Waals surface area contributed by atoms with E-state index in [1.807, 2.05) is 42.8 Å². The Morgan fingerprint density at radius 3 is 2.32 bits per heavy atom. The van der Waals surface area contributed by atoms with Gasteiger partial charge in [-0.25, -0.2) is 0 Å². The van der Waals surface area contributed by atoms with Crippen molar-refractivity contribution >= 4 is 17.5 Å². The van der Waals surface area contributed by atoms with Crippen molar-refractivity contribution in [3.63, 3.8) is 0 Å². The lowest BCUT2D eigenvalue weighted by molar-refractivity contribution is -0.0133. The molecule has 0 aliphatic heterocycles. The highest BCUT2D eigenvalue weighted by molar-refractivity contribution is 6.30. The van der Waals surface area contributed by atoms with Crippen LogP contribution < -0.4 is 10.6 Å². The molecule has 2 N–H and O–H groups in total. The van der Waals surface area contributed by atoms with Crippen LogP contribution in [0.5, 0.6) is 0 Å². The minimum atomic E-state index is -0.0909. The van der Waals surface area contributed by atoms with E-state index in [2.05, 4.69) is 15.7 Å². The molecule has 4 aliphatic rings. The molecule has 6 rings (SSSR count). The molecule has 0 saturated heterocycles. The molecule has 31 heavy (non-hydrogen) atoms. The SMILES string of the molecule is CCn1nc(C(=O)NCCNC2C3CC4CC(C3)CC2C4)c(C)c1-c1ccc(Cl)cc1. The van der Waals surface area contributed by atoms with E-state index in [-0.39, 0.29) is 5.91 Å². The topological polar surface area (TPSA) is 59.0 Å². The van der Waals surface area contributed by atoms with Crippen LogP contribution >= 0.6 is 11.6 Å². The zero-order chi connectivity index (χ0) is 21.5. The Morgan fingerprint density at radius 1 is 1.06 bits per heavy atom. The van der Waals surface area contributed by atoms with Crippen LogP contribution in [0, 0.1) is 30.6 Å². The van der Waals surface area contributed by atoms with Gasteiger partial charge < -0.3 is 10.6 Å². The summed E-state index contributed by atoms with van der Waals surface area (Å²) in [5.41, 5.74) is 3.44. The molecule has 4 saturated carbocycles. The van der Waals surface area contributed by atoms with Gasteiger partial charge in [0, 0.05) is 41.8 Å². The van der Waals surface area contributed by atoms with Crippen molar-refractivity contribution in [3.8, 4) is 11.3 Å². The maximum absolute atomic E-state index is 12.9. The molecule has 0 radical (unpaired) electrons. The first-order valence-corrected chi connectivity index (χ1v) is 12.3. The summed E-state index contributed by atoms with van der Waals surface area (Å²) in [6.07, 6.45) is 7.14. The van der Waals surface area contributed by atoms with Crippen molar-refractivity contribution in [2.45, 2.75) is 58.5 Å². The largest absolute Gasteiger partial charge is 0.349 e. The van der Waals surface area contributed by atoms with Crippen molar-refractivity contribution in [2.75, 3.05) is 13.1 Å². The Bertz CT molecular complexity index is 923. The lowest BCUT2D eigenvalue weighted by atomic mass is 9.54. The number of halogens is 1. The van der Waals surface area contributed by atoms with Gasteiger partial charge >= 0.3 is 0 Å². The van der Waals surface area contributed by atoms with E-state index in [9.17, 15) is 4.79 Å². The Hall–Kier alpha value is -1.85. The average molecular weight is 441 g/mol. The first kappa shape index (κ1) is 21.0. The molecule has 6 heteroatoms. The third-order valence-electron chi connectivity index (χ3n) is 7.84. The van der Waals surface area contributed by atoms with Crippen LogP contribution in [-0.4, -0.2) is 34.8 Å². The standard InChI is InChI=1S/C25H33ClN4O/c1-3-30-24(18-4-6-21(26)7-5-18)15(2)22(29-30)25(31)28-9-8-27-23-19-11-16-10-17(13-19)14-20(23)12-16/h4-7,16-17,19-20,23,27H,3,8-14H2,1-2H3,(H,28,31). The summed E-state index contributed by atoms with van der Waals surface area (Å²) >= 11 is 6.04. The Morgan fingerprint density at radius 2 is 1.71 bits per heavy atom. The van der Waals surface area contributed by atoms with Gasteiger partial charge in [0.2, 0.25) is 0 Å². The van der Waals surface area contributed by atoms with E-state index >= 15 is 0 Å². The Kier molecular flexibility index (Phi) is 5.82. The Balaban J connectivity index is 1.20. The van der Waals surface area contributed by atoms with Gasteiger partial charge in [-0.05, 0) is 81.8 Å². The van der Waals surface area contributed by atoms with Gasteiger partial charge in [0.05, 0.1) is 5.69 Å². The second kappa shape index (κ2) is 8.59. The normalized spacial score (nSPS) is 28.8. The predicted molar refractivity (Wildman–Crippen MR) is 124 cm³/mol. The number of amides is 1. The molecule has 2 aromatic rings. The number of nitrogens with one attached hydrogen (secondary N) is 2. The zero-order valence-corrected chi connectivity index (χ0v) is 19.3. The maximum atomic E-state index is 12.9. The van der Waals surface area contributed by atoms with Crippen molar-refractivity contribution in [1.82, 2.24) is 20.4 Å². The van der Waals surface area contributed by atoms with E-state index in [0.717, 1.165) is 47.0 Å². The fourth-order valence-electron chi connectivity index (χ4n) is 6.73. The molecule has 4 fully saturated rings. The minimum absolute atomic E-state index is 0.0909. The highest BCUT2D eigenvalue weighted by Gasteiger charge is 2.47. The molecule has 5 nitrogen and oxygen atoms in total. The van der Waals surface area contributed by atoms with Crippen LogP contribution in [0.15, 0.2) is 24.3 Å². The van der Waals surface area contributed by atoms with Crippen LogP contribution in [0.4, 0.5) is 0 Å². The maximum Gasteiger partial charge on any atom is 0.272 e. The Labute approximate surface area is 189 Å². The van der Waals surface area contributed by atoms with E-state index in [1.54, 1.807) is 0 Å². The van der Waals surface area contributed by atoms with Crippen LogP contribution in [0.25, 0.3) is 11.3 Å². The molecule has 1 aromatic heterocycles. The molecule has 1 heterocycles. The predicted octanol–water partition coefficient (Wildman–Crippen LogP) is 4.68. The fourth-order valence-corrected chi connectivity index (χ4v) is 6.85. The summed E-state index contributed by atoms with van der Waals surface area (Å²) in [6.45, 7) is 6.19. The van der Waals surface area contributed by atoms with E-state index in [4.69, 9.17) is 11.6 Å². The number of carbonyl (C=O) groups excluding carboxylic acids is 1. The summed E-state index contributed by atoms with van der Waals surface area (Å²) in [6, 6.07) is 8.37. The molecule has 166 valence electrons. The summed E-state index contributed by atoms with van der Waals surface area (Å²) in [5, 5.41) is 12.2. The molecule has 4 bridgehead atoms. The monoisotopic (exact) mass is 440 g/mol. The molecular formula is C25H33ClN4O. The first-order chi connectivity index (χ1) is 15.0. The van der Waals surface area contributed by atoms with Crippen LogP contribution in [-0.2, 0) is 6.54 Å². The molecule has 1 aromatic carbocycles. The average Bonchev–Trinajstić information content (AvgIpc) is 3.09. The molecular weight excluding hydrogens is 408 g/mol. The van der Waals surface area contributed by atoms with Gasteiger partial charge in [-0.3, -0.25) is 9.48 Å². The highest BCUT2D eigenvalue weighted by Crippen LogP contribution is 2.53. The number of aryl methyl sites for hydroxylation is 1. The van der Waals surface area contributed by atoms with Gasteiger partial charge in [-0.15, -0.1) is 0 Å². The first-order valence-electron chi connectivity index (χ1n) is 11.9. The summed E-state index contributed by atoms with van der Waals surface area (Å²) in [4.78, 5) is 12.9. The van der Waals surface area contributed by atoms with Gasteiger partial charge in [0.15, 0.2) is 5.69 Å². The fraction of sp³-hybridized carbons (Fsp3) is 0.600. The number of hydrogen-bond donors (Lipinski definition) is 2. The number of carbonyl (C=O) groups is 1. The van der Waals surface area contributed by atoms with Crippen molar-refractivity contribution in [3.05, 3.63) is 40.5 Å². The summed E-state index contributed by atoms with van der Waals surface area (Å²) in [5.74, 6) is 3.61. The quantitative estimate of drug-likeness (QED) is 0.615. The van der Waals surface area contributed by atoms with Crippen molar-refractivity contribution in [1.29, 1.82) is 0 Å². The number of nitrogens with zero attached hydrogens (tertiary/aromatic N) is 2. The number of benzene rings is 1. The van der Waals surface area contributed by atoms with E-state index < -0.39 is 0 Å². The molecule has 1 amide bonds. The van der Waals surface area contributed by atoms with Gasteiger partial charge in [0.25, 0.3) is 5.91 Å². The lowest BCUT2D eigenvalue weighted by Crippen LogP contribution is -2.55. The number of hydrogen-bond acceptors (Lipinski definition) is 3. The minimum Gasteiger partial charge on any atom is -0.349 e. The van der Waals surface area contributed by atoms with Crippen molar-refractivity contribution < 1.29 is 4.79 Å². The van der Waals surface area contributed by atoms with Crippen LogP contribution in [0.1, 0.15) is 55.1 Å². The smallest absolute Gasteiger partial charge is 0.272 e. The van der Waals surface area contributed by atoms with Gasteiger partial charge in [-0.2, -0.15) is 5.10 Å². The van der Waals surface area contributed by atoms with Gasteiger partial charge in [0.1, 0.15) is 0 Å². The van der Waals surface area contributed by atoms with Crippen LogP contribution in [0.3, 0.4) is 0 Å². The van der Waals surface area contributed by atoms with E-state index in [1.165, 1.54) is 32.1 Å². The van der Waals surface area contributed by atoms with Crippen LogP contribution in [0.2, 0.25) is 5.02 Å².